The van der Waals surface area contributed by atoms with Crippen LogP contribution in [0.25, 0.3) is 0 Å². The molecule has 0 aromatic heterocycles. The lowest BCUT2D eigenvalue weighted by Crippen LogP contribution is -2.36. The largest absolute Gasteiger partial charge is 0.465 e. The summed E-state index contributed by atoms with van der Waals surface area (Å²) in [4.78, 5) is 13.8. The number of aliphatic hydroxyl groups is 1. The molecule has 4 nitrogen and oxygen atoms in total. The van der Waals surface area contributed by atoms with Gasteiger partial charge in [-0.2, -0.15) is 0 Å². The minimum absolute atomic E-state index is 0.289. The zero-order valence-electron chi connectivity index (χ0n) is 12.0. The number of hydrogen-bond acceptors (Lipinski definition) is 4. The van der Waals surface area contributed by atoms with E-state index in [-0.39, 0.29) is 5.97 Å². The fourth-order valence-corrected chi connectivity index (χ4v) is 2.61. The zero-order valence-corrected chi connectivity index (χ0v) is 12.0. The van der Waals surface area contributed by atoms with Crippen molar-refractivity contribution < 1.29 is 14.6 Å². The van der Waals surface area contributed by atoms with Crippen LogP contribution in [-0.2, 0) is 11.2 Å². The van der Waals surface area contributed by atoms with Crippen molar-refractivity contribution in [1.82, 2.24) is 4.90 Å². The van der Waals surface area contributed by atoms with Gasteiger partial charge in [0.25, 0.3) is 0 Å². The number of likely N-dealkylation sites (tertiary alicyclic amines) is 1. The number of rotatable bonds is 5. The number of esters is 1. The first-order chi connectivity index (χ1) is 9.72. The highest BCUT2D eigenvalue weighted by atomic mass is 16.5. The monoisotopic (exact) mass is 277 g/mol. The lowest BCUT2D eigenvalue weighted by atomic mass is 9.97. The van der Waals surface area contributed by atoms with Crippen molar-refractivity contribution in [1.29, 1.82) is 0 Å². The number of piperidine rings is 1. The average molecular weight is 277 g/mol. The Morgan fingerprint density at radius 3 is 2.50 bits per heavy atom. The summed E-state index contributed by atoms with van der Waals surface area (Å²) in [5.41, 5.74) is 1.84. The minimum atomic E-state index is -0.289. The van der Waals surface area contributed by atoms with Crippen LogP contribution in [0.15, 0.2) is 24.3 Å². The third kappa shape index (κ3) is 4.05. The Labute approximate surface area is 120 Å². The van der Waals surface area contributed by atoms with E-state index in [1.54, 1.807) is 0 Å². The molecular weight excluding hydrogens is 254 g/mol. The molecule has 1 aromatic rings. The zero-order chi connectivity index (χ0) is 14.4. The first-order valence-electron chi connectivity index (χ1n) is 7.23. The number of nitrogens with zero attached hydrogens (tertiary/aromatic N) is 1. The lowest BCUT2D eigenvalue weighted by Gasteiger charge is -2.30. The van der Waals surface area contributed by atoms with Gasteiger partial charge in [0.05, 0.1) is 12.7 Å². The van der Waals surface area contributed by atoms with E-state index in [1.165, 1.54) is 12.7 Å². The molecule has 4 heteroatoms. The number of ether oxygens (including phenoxy) is 1. The molecule has 1 aromatic carbocycles. The van der Waals surface area contributed by atoms with Gasteiger partial charge in [0, 0.05) is 13.2 Å². The topological polar surface area (TPSA) is 49.8 Å². The van der Waals surface area contributed by atoms with Gasteiger partial charge in [-0.3, -0.25) is 0 Å². The summed E-state index contributed by atoms with van der Waals surface area (Å²) < 4.78 is 4.68. The predicted octanol–water partition coefficient (Wildman–Crippen LogP) is 1.72. The summed E-state index contributed by atoms with van der Waals surface area (Å²) in [6.45, 7) is 3.51. The maximum Gasteiger partial charge on any atom is 0.337 e. The van der Waals surface area contributed by atoms with E-state index in [2.05, 4.69) is 9.64 Å². The van der Waals surface area contributed by atoms with Crippen LogP contribution in [-0.4, -0.2) is 49.3 Å². The Morgan fingerprint density at radius 2 is 1.95 bits per heavy atom. The first kappa shape index (κ1) is 15.0. The van der Waals surface area contributed by atoms with Crippen LogP contribution in [0.2, 0.25) is 0 Å². The molecule has 1 N–H and O–H groups in total. The Balaban J connectivity index is 1.78. The van der Waals surface area contributed by atoms with Crippen molar-refractivity contribution >= 4 is 5.97 Å². The SMILES string of the molecule is COC(=O)c1ccc(CCN2CCC(CO)CC2)cc1. The van der Waals surface area contributed by atoms with E-state index in [4.69, 9.17) is 5.11 Å². The Bertz CT molecular complexity index is 422. The molecule has 1 heterocycles. The standard InChI is InChI=1S/C16H23NO3/c1-20-16(19)15-4-2-13(3-5-15)6-9-17-10-7-14(12-18)8-11-17/h2-5,14,18H,6-12H2,1H3. The summed E-state index contributed by atoms with van der Waals surface area (Å²) in [7, 11) is 1.40. The highest BCUT2D eigenvalue weighted by Crippen LogP contribution is 2.16. The molecule has 1 saturated heterocycles. The van der Waals surface area contributed by atoms with Gasteiger partial charge in [-0.1, -0.05) is 12.1 Å². The molecule has 1 fully saturated rings. The van der Waals surface area contributed by atoms with Crippen molar-refractivity contribution in [2.24, 2.45) is 5.92 Å². The molecule has 1 aliphatic heterocycles. The third-order valence-corrected chi connectivity index (χ3v) is 4.06. The molecule has 0 unspecified atom stereocenters. The van der Waals surface area contributed by atoms with Gasteiger partial charge >= 0.3 is 5.97 Å². The molecular formula is C16H23NO3. The molecule has 20 heavy (non-hydrogen) atoms. The van der Waals surface area contributed by atoms with E-state index < -0.39 is 0 Å². The van der Waals surface area contributed by atoms with Gasteiger partial charge in [-0.25, -0.2) is 4.79 Å². The van der Waals surface area contributed by atoms with Crippen molar-refractivity contribution in [3.63, 3.8) is 0 Å². The molecule has 110 valence electrons. The van der Waals surface area contributed by atoms with Gasteiger partial charge in [0.1, 0.15) is 0 Å². The van der Waals surface area contributed by atoms with Gasteiger partial charge in [-0.05, 0) is 56.0 Å². The highest BCUT2D eigenvalue weighted by molar-refractivity contribution is 5.89. The van der Waals surface area contributed by atoms with Gasteiger partial charge in [0.15, 0.2) is 0 Å². The molecule has 0 spiro atoms. The van der Waals surface area contributed by atoms with Crippen molar-refractivity contribution in [2.45, 2.75) is 19.3 Å². The van der Waals surface area contributed by atoms with Crippen LogP contribution < -0.4 is 0 Å². The number of hydrogen-bond donors (Lipinski definition) is 1. The molecule has 0 saturated carbocycles. The first-order valence-corrected chi connectivity index (χ1v) is 7.23. The van der Waals surface area contributed by atoms with Crippen LogP contribution in [0.3, 0.4) is 0 Å². The van der Waals surface area contributed by atoms with E-state index in [1.807, 2.05) is 24.3 Å². The summed E-state index contributed by atoms with van der Waals surface area (Å²) in [5, 5.41) is 9.12. The average Bonchev–Trinajstić information content (AvgIpc) is 2.53. The van der Waals surface area contributed by atoms with Crippen molar-refractivity contribution in [2.75, 3.05) is 33.4 Å². The fourth-order valence-electron chi connectivity index (χ4n) is 2.61. The smallest absolute Gasteiger partial charge is 0.337 e. The number of methoxy groups -OCH3 is 1. The maximum atomic E-state index is 11.3. The summed E-state index contributed by atoms with van der Waals surface area (Å²) >= 11 is 0. The van der Waals surface area contributed by atoms with Crippen LogP contribution in [0, 0.1) is 5.92 Å². The number of carbonyl (C=O) groups is 1. The molecule has 2 rings (SSSR count). The predicted molar refractivity (Wildman–Crippen MR) is 77.7 cm³/mol. The molecule has 1 aliphatic rings. The van der Waals surface area contributed by atoms with Crippen molar-refractivity contribution in [3.05, 3.63) is 35.4 Å². The van der Waals surface area contributed by atoms with Crippen LogP contribution in [0.5, 0.6) is 0 Å². The summed E-state index contributed by atoms with van der Waals surface area (Å²) in [5.74, 6) is 0.202. The van der Waals surface area contributed by atoms with E-state index in [0.717, 1.165) is 38.9 Å². The Hall–Kier alpha value is -1.39. The Kier molecular flexibility index (Phi) is 5.56. The molecule has 0 amide bonds. The fraction of sp³-hybridized carbons (Fsp3) is 0.562. The second-order valence-electron chi connectivity index (χ2n) is 5.41. The number of benzene rings is 1. The maximum absolute atomic E-state index is 11.3. The molecule has 0 radical (unpaired) electrons. The minimum Gasteiger partial charge on any atom is -0.465 e. The van der Waals surface area contributed by atoms with Gasteiger partial charge in [-0.15, -0.1) is 0 Å². The Morgan fingerprint density at radius 1 is 1.30 bits per heavy atom. The van der Waals surface area contributed by atoms with Gasteiger partial charge in [0.2, 0.25) is 0 Å². The molecule has 0 atom stereocenters. The lowest BCUT2D eigenvalue weighted by molar-refractivity contribution is 0.0600. The van der Waals surface area contributed by atoms with E-state index in [0.29, 0.717) is 18.1 Å². The second kappa shape index (κ2) is 7.41. The summed E-state index contributed by atoms with van der Waals surface area (Å²) in [6.07, 6.45) is 3.18. The third-order valence-electron chi connectivity index (χ3n) is 4.06. The van der Waals surface area contributed by atoms with Crippen molar-refractivity contribution in [3.8, 4) is 0 Å². The van der Waals surface area contributed by atoms with Gasteiger partial charge < -0.3 is 14.7 Å². The normalized spacial score (nSPS) is 17.1. The summed E-state index contributed by atoms with van der Waals surface area (Å²) in [6, 6.07) is 7.62. The van der Waals surface area contributed by atoms with E-state index in [9.17, 15) is 4.79 Å². The quantitative estimate of drug-likeness (QED) is 0.833. The van der Waals surface area contributed by atoms with E-state index >= 15 is 0 Å². The molecule has 0 aliphatic carbocycles. The highest BCUT2D eigenvalue weighted by Gasteiger charge is 2.17. The van der Waals surface area contributed by atoms with Crippen LogP contribution in [0.4, 0.5) is 0 Å². The molecule has 0 bridgehead atoms. The van der Waals surface area contributed by atoms with Crippen LogP contribution in [0.1, 0.15) is 28.8 Å². The number of aliphatic hydroxyl groups excluding tert-OH is 1. The number of carbonyl (C=O) groups excluding carboxylic acids is 1. The van der Waals surface area contributed by atoms with Crippen LogP contribution >= 0.6 is 0 Å². The second-order valence-corrected chi connectivity index (χ2v) is 5.41.